The number of fused-ring (bicyclic) bond motifs is 1. The van der Waals surface area contributed by atoms with E-state index >= 15 is 0 Å². The van der Waals surface area contributed by atoms with E-state index in [2.05, 4.69) is 10.3 Å². The summed E-state index contributed by atoms with van der Waals surface area (Å²) in [6, 6.07) is 5.13. The minimum Gasteiger partial charge on any atom is -0.305 e. The first kappa shape index (κ1) is 14.6. The van der Waals surface area contributed by atoms with E-state index in [1.165, 1.54) is 0 Å². The molecule has 0 spiro atoms. The van der Waals surface area contributed by atoms with Crippen LogP contribution in [-0.2, 0) is 9.59 Å². The molecule has 114 valence electrons. The number of nitrogens with zero attached hydrogens (tertiary/aromatic N) is 2. The number of aldehydes is 1. The third kappa shape index (κ3) is 2.57. The van der Waals surface area contributed by atoms with Gasteiger partial charge in [0.1, 0.15) is 0 Å². The van der Waals surface area contributed by atoms with Crippen LogP contribution in [0.4, 0.5) is 0 Å². The summed E-state index contributed by atoms with van der Waals surface area (Å²) in [5.74, 6) is -0.432. The summed E-state index contributed by atoms with van der Waals surface area (Å²) >= 11 is 0. The molecule has 0 aliphatic carbocycles. The zero-order valence-corrected chi connectivity index (χ0v) is 12.3. The van der Waals surface area contributed by atoms with Gasteiger partial charge in [0.2, 0.25) is 5.78 Å². The number of hydrogen-bond acceptors (Lipinski definition) is 5. The van der Waals surface area contributed by atoms with Crippen LogP contribution in [0.2, 0.25) is 0 Å². The average Bonchev–Trinajstić information content (AvgIpc) is 2.55. The molecule has 1 aromatic carbocycles. The van der Waals surface area contributed by atoms with Crippen LogP contribution in [0.5, 0.6) is 0 Å². The molecular weight excluding hydrogens is 282 g/mol. The van der Waals surface area contributed by atoms with E-state index in [1.54, 1.807) is 10.9 Å². The van der Waals surface area contributed by atoms with Gasteiger partial charge in [0.05, 0.1) is 29.3 Å². The first-order valence-electron chi connectivity index (χ1n) is 7.30. The number of aryl methyl sites for hydroxylation is 1. The minimum absolute atomic E-state index is 0.0550. The fourth-order valence-corrected chi connectivity index (χ4v) is 2.91. The van der Waals surface area contributed by atoms with Crippen LogP contribution in [0.1, 0.15) is 24.4 Å². The lowest BCUT2D eigenvalue weighted by Gasteiger charge is -2.29. The second kappa shape index (κ2) is 5.81. The van der Waals surface area contributed by atoms with Gasteiger partial charge in [-0.15, -0.1) is 0 Å². The van der Waals surface area contributed by atoms with Crippen LogP contribution >= 0.6 is 0 Å². The van der Waals surface area contributed by atoms with Crippen molar-refractivity contribution in [3.63, 3.8) is 0 Å². The third-order valence-corrected chi connectivity index (χ3v) is 4.18. The lowest BCUT2D eigenvalue weighted by atomic mass is 9.98. The summed E-state index contributed by atoms with van der Waals surface area (Å²) in [5, 5.41) is 3.64. The molecule has 0 amide bonds. The number of nitrogens with one attached hydrogen (secondary N) is 1. The molecule has 1 N–H and O–H groups in total. The maximum absolute atomic E-state index is 12.6. The van der Waals surface area contributed by atoms with Crippen molar-refractivity contribution in [1.29, 1.82) is 0 Å². The van der Waals surface area contributed by atoms with Crippen LogP contribution in [0.3, 0.4) is 0 Å². The molecule has 3 rings (SSSR count). The highest BCUT2D eigenvalue weighted by atomic mass is 16.2. The van der Waals surface area contributed by atoms with Gasteiger partial charge in [0.25, 0.3) is 5.56 Å². The molecule has 2 heterocycles. The maximum Gasteiger partial charge on any atom is 0.261 e. The van der Waals surface area contributed by atoms with Crippen LogP contribution in [0.25, 0.3) is 10.9 Å². The topological polar surface area (TPSA) is 81.1 Å². The highest BCUT2D eigenvalue weighted by Gasteiger charge is 2.26. The number of ketones is 1. The van der Waals surface area contributed by atoms with Gasteiger partial charge in [-0.2, -0.15) is 0 Å². The van der Waals surface area contributed by atoms with Crippen molar-refractivity contribution < 1.29 is 9.59 Å². The van der Waals surface area contributed by atoms with Crippen LogP contribution in [0.15, 0.2) is 29.3 Å². The van der Waals surface area contributed by atoms with Crippen LogP contribution < -0.4 is 10.9 Å². The van der Waals surface area contributed by atoms with E-state index in [1.807, 2.05) is 25.1 Å². The Morgan fingerprint density at radius 1 is 1.41 bits per heavy atom. The predicted octanol–water partition coefficient (Wildman–Crippen LogP) is 0.766. The van der Waals surface area contributed by atoms with Crippen molar-refractivity contribution in [3.05, 3.63) is 40.4 Å². The molecule has 6 heteroatoms. The molecule has 2 atom stereocenters. The molecule has 22 heavy (non-hydrogen) atoms. The minimum atomic E-state index is -0.432. The standard InChI is InChI=1S/C16H17N3O3/c1-10-2-4-13-12(6-10)16(22)19(9-18-13)11-3-5-14(17-7-11)15(21)8-20/h2,4,6,8-9,11,14,17H,3,5,7H2,1H3. The predicted molar refractivity (Wildman–Crippen MR) is 81.9 cm³/mol. The van der Waals surface area contributed by atoms with Gasteiger partial charge in [-0.1, -0.05) is 11.6 Å². The zero-order chi connectivity index (χ0) is 15.7. The summed E-state index contributed by atoms with van der Waals surface area (Å²) in [5.41, 5.74) is 1.63. The first-order valence-corrected chi connectivity index (χ1v) is 7.30. The van der Waals surface area contributed by atoms with Crippen molar-refractivity contribution in [2.75, 3.05) is 6.54 Å². The van der Waals surface area contributed by atoms with E-state index in [9.17, 15) is 14.4 Å². The highest BCUT2D eigenvalue weighted by molar-refractivity contribution is 6.27. The largest absolute Gasteiger partial charge is 0.305 e. The fraction of sp³-hybridized carbons (Fsp3) is 0.375. The van der Waals surface area contributed by atoms with E-state index in [-0.39, 0.29) is 11.6 Å². The fourth-order valence-electron chi connectivity index (χ4n) is 2.91. The summed E-state index contributed by atoms with van der Waals surface area (Å²) in [6.07, 6.45) is 3.12. The van der Waals surface area contributed by atoms with E-state index in [4.69, 9.17) is 0 Å². The summed E-state index contributed by atoms with van der Waals surface area (Å²) < 4.78 is 1.62. The SMILES string of the molecule is Cc1ccc2ncn(C3CCC(C(=O)C=O)NC3)c(=O)c2c1. The molecule has 2 unspecified atom stereocenters. The van der Waals surface area contributed by atoms with E-state index < -0.39 is 11.8 Å². The monoisotopic (exact) mass is 299 g/mol. The van der Waals surface area contributed by atoms with Crippen molar-refractivity contribution >= 4 is 23.0 Å². The Labute approximate surface area is 127 Å². The number of carbonyl (C=O) groups is 2. The molecule has 1 aromatic heterocycles. The Morgan fingerprint density at radius 2 is 2.23 bits per heavy atom. The van der Waals surface area contributed by atoms with Crippen molar-refractivity contribution in [1.82, 2.24) is 14.9 Å². The molecule has 6 nitrogen and oxygen atoms in total. The number of carbonyl (C=O) groups excluding carboxylic acids is 2. The van der Waals surface area contributed by atoms with Crippen molar-refractivity contribution in [3.8, 4) is 0 Å². The molecule has 2 aromatic rings. The molecule has 1 fully saturated rings. The lowest BCUT2D eigenvalue weighted by molar-refractivity contribution is -0.131. The smallest absolute Gasteiger partial charge is 0.261 e. The van der Waals surface area contributed by atoms with Gasteiger partial charge in [-0.05, 0) is 31.9 Å². The summed E-state index contributed by atoms with van der Waals surface area (Å²) in [4.78, 5) is 38.9. The maximum atomic E-state index is 12.6. The molecule has 1 saturated heterocycles. The first-order chi connectivity index (χ1) is 10.6. The normalized spacial score (nSPS) is 21.7. The number of aromatic nitrogens is 2. The van der Waals surface area contributed by atoms with Crippen molar-refractivity contribution in [2.24, 2.45) is 0 Å². The number of rotatable bonds is 3. The van der Waals surface area contributed by atoms with Crippen LogP contribution in [0, 0.1) is 6.92 Å². The summed E-state index contributed by atoms with van der Waals surface area (Å²) in [7, 11) is 0. The van der Waals surface area contributed by atoms with Crippen molar-refractivity contribution in [2.45, 2.75) is 31.8 Å². The molecule has 1 aliphatic rings. The lowest BCUT2D eigenvalue weighted by Crippen LogP contribution is -2.46. The number of Topliss-reactive ketones (excluding diaryl/α,β-unsaturated/α-hetero) is 1. The van der Waals surface area contributed by atoms with Gasteiger partial charge in [0.15, 0.2) is 6.29 Å². The molecule has 0 saturated carbocycles. The van der Waals surface area contributed by atoms with Gasteiger partial charge in [0, 0.05) is 6.54 Å². The summed E-state index contributed by atoms with van der Waals surface area (Å²) in [6.45, 7) is 2.41. The molecule has 1 aliphatic heterocycles. The number of piperidine rings is 1. The second-order valence-electron chi connectivity index (χ2n) is 5.69. The number of benzene rings is 1. The number of hydrogen-bond donors (Lipinski definition) is 1. The van der Waals surface area contributed by atoms with Gasteiger partial charge in [-0.25, -0.2) is 4.98 Å². The van der Waals surface area contributed by atoms with E-state index in [0.29, 0.717) is 36.6 Å². The Balaban J connectivity index is 1.89. The molecule has 0 bridgehead atoms. The van der Waals surface area contributed by atoms with Gasteiger partial charge < -0.3 is 5.32 Å². The zero-order valence-electron chi connectivity index (χ0n) is 12.3. The Bertz CT molecular complexity index is 789. The van der Waals surface area contributed by atoms with Gasteiger partial charge in [-0.3, -0.25) is 19.0 Å². The third-order valence-electron chi connectivity index (χ3n) is 4.18. The Kier molecular flexibility index (Phi) is 3.85. The Hall–Kier alpha value is -2.34. The van der Waals surface area contributed by atoms with E-state index in [0.717, 1.165) is 5.56 Å². The highest BCUT2D eigenvalue weighted by Crippen LogP contribution is 2.19. The molecular formula is C16H17N3O3. The second-order valence-corrected chi connectivity index (χ2v) is 5.69. The van der Waals surface area contributed by atoms with Gasteiger partial charge >= 0.3 is 0 Å². The van der Waals surface area contributed by atoms with Crippen LogP contribution in [-0.4, -0.2) is 34.2 Å². The Morgan fingerprint density at radius 3 is 2.91 bits per heavy atom. The average molecular weight is 299 g/mol. The quantitative estimate of drug-likeness (QED) is 0.668. The molecule has 0 radical (unpaired) electrons.